The van der Waals surface area contributed by atoms with Crippen LogP contribution < -0.4 is 19.9 Å². The summed E-state index contributed by atoms with van der Waals surface area (Å²) in [6.45, 7) is 1.82. The van der Waals surface area contributed by atoms with Crippen LogP contribution in [0.15, 0.2) is 416 Å². The molecule has 12 aromatic rings. The Morgan fingerprint density at radius 1 is 0.386 bits per heavy atom. The number of carbonyl (C=O) groups excluding carboxylic acids is 4. The summed E-state index contributed by atoms with van der Waals surface area (Å²) in [5, 5.41) is 13.6. The number of hydrogen-bond acceptors (Lipinski definition) is 10. The second kappa shape index (κ2) is 46.8. The average Bonchev–Trinajstić information content (AvgIpc) is 0.714. The summed E-state index contributed by atoms with van der Waals surface area (Å²) >= 11 is 0. The number of rotatable bonds is 23. The largest absolute Gasteiger partial charge is 0.855 e. The maximum atomic E-state index is 13.0. The maximum absolute atomic E-state index is 13.0. The molecule has 0 spiro atoms. The molecule has 5 fully saturated rings. The van der Waals surface area contributed by atoms with Crippen molar-refractivity contribution in [3.63, 3.8) is 0 Å². The number of nitrogens with one attached hydrogen (secondary N) is 1. The lowest BCUT2D eigenvalue weighted by Gasteiger charge is -2.59. The fourth-order valence-corrected chi connectivity index (χ4v) is 24.5. The lowest BCUT2D eigenvalue weighted by molar-refractivity contribution is -0.262. The molecule has 2 atom stereocenters. The molecule has 1 N–H and O–H groups in total. The number of halogens is 7. The first-order valence-corrected chi connectivity index (χ1v) is 46.8. The van der Waals surface area contributed by atoms with E-state index in [4.69, 9.17) is 18.9 Å². The molecule has 5 aliphatic rings. The van der Waals surface area contributed by atoms with Crippen LogP contribution in [0.1, 0.15) is 85.0 Å². The molecule has 660 valence electrons. The molecular weight excluding hydrogens is 1700 g/mol. The molecule has 23 heteroatoms. The van der Waals surface area contributed by atoms with Crippen LogP contribution in [0.5, 0.6) is 11.5 Å². The zero-order chi connectivity index (χ0) is 90.2. The SMILES string of the molecule is CC(F)(F)COC(=O)C12CC3CC(CC(OC(=O)N=C([O-])C(F)(F)F)(C3)C1)C2.CCNC(=O)C1CCC(C(=O)OCC(C)(F)F)CC1.COc1ccc([S+](c2ccccc2)c2ccccc2)cc1.COc1ccc([S+](c2ccccc2)c2ccccc2)cc1.c1ccc([S+](c2ccccc2)c2ccccc2)cc1.c1ccc([S+](c2ccccc2)c2ccccc2)cc1. The number of alkyl halides is 7. The highest BCUT2D eigenvalue weighted by Gasteiger charge is 2.63. The van der Waals surface area contributed by atoms with Gasteiger partial charge in [0.05, 0.1) is 75.0 Å². The Morgan fingerprint density at radius 2 is 0.646 bits per heavy atom. The van der Waals surface area contributed by atoms with Crippen molar-refractivity contribution < 1.29 is 78.7 Å². The number of benzene rings is 12. The lowest BCUT2D eigenvalue weighted by atomic mass is 9.48. The van der Waals surface area contributed by atoms with E-state index < -0.39 is 66.2 Å². The number of hydrogen-bond donors (Lipinski definition) is 1. The smallest absolute Gasteiger partial charge is 0.433 e. The highest BCUT2D eigenvalue weighted by molar-refractivity contribution is 7.98. The van der Waals surface area contributed by atoms with Crippen molar-refractivity contribution in [3.05, 3.63) is 352 Å². The zero-order valence-corrected chi connectivity index (χ0v) is 74.6. The van der Waals surface area contributed by atoms with E-state index in [2.05, 4.69) is 343 Å². The van der Waals surface area contributed by atoms with Crippen molar-refractivity contribution in [2.75, 3.05) is 34.0 Å². The highest BCUT2D eigenvalue weighted by atomic mass is 32.2. The van der Waals surface area contributed by atoms with E-state index in [0.29, 0.717) is 71.8 Å². The fraction of sp³-hybridized carbons (Fsp3) is 0.260. The van der Waals surface area contributed by atoms with Gasteiger partial charge in [0.25, 0.3) is 11.8 Å². The van der Waals surface area contributed by atoms with Crippen LogP contribution >= 0.6 is 0 Å². The van der Waals surface area contributed by atoms with E-state index in [0.717, 1.165) is 17.9 Å². The molecule has 5 saturated carbocycles. The third kappa shape index (κ3) is 28.8. The second-order valence-corrected chi connectivity index (χ2v) is 39.3. The van der Waals surface area contributed by atoms with Crippen LogP contribution in [-0.2, 0) is 72.2 Å². The van der Waals surface area contributed by atoms with Gasteiger partial charge in [-0.3, -0.25) is 14.4 Å². The normalized spacial score (nSPS) is 17.9. The van der Waals surface area contributed by atoms with E-state index in [1.54, 1.807) is 14.2 Å². The van der Waals surface area contributed by atoms with Crippen LogP contribution in [0.25, 0.3) is 0 Å². The molecule has 0 aliphatic heterocycles. The summed E-state index contributed by atoms with van der Waals surface area (Å²) in [6.07, 6.45) is -2.57. The quantitative estimate of drug-likeness (QED) is 0.0163. The number of methoxy groups -OCH3 is 2. The van der Waals surface area contributed by atoms with Gasteiger partial charge in [0, 0.05) is 32.7 Å². The molecule has 2 amide bonds. The number of ether oxygens (including phenoxy) is 5. The van der Waals surface area contributed by atoms with E-state index >= 15 is 0 Å². The molecule has 12 aromatic carbocycles. The molecule has 0 saturated heterocycles. The summed E-state index contributed by atoms with van der Waals surface area (Å²) in [4.78, 5) is 66.0. The number of aliphatic imine (C=N–C) groups is 1. The summed E-state index contributed by atoms with van der Waals surface area (Å²) in [7, 11) is 3.21. The van der Waals surface area contributed by atoms with E-state index in [1.165, 1.54) is 58.7 Å². The van der Waals surface area contributed by atoms with Gasteiger partial charge < -0.3 is 34.1 Å². The summed E-state index contributed by atoms with van der Waals surface area (Å²) in [5.41, 5.74) is -2.37. The molecular formula is C104H104F7N2O10S4+3. The third-order valence-electron chi connectivity index (χ3n) is 21.3. The van der Waals surface area contributed by atoms with Gasteiger partial charge in [-0.1, -0.05) is 182 Å². The first kappa shape index (κ1) is 96.1. The van der Waals surface area contributed by atoms with Crippen molar-refractivity contribution in [2.45, 2.75) is 167 Å². The van der Waals surface area contributed by atoms with Crippen LogP contribution in [0.4, 0.5) is 35.5 Å². The number of carbonyl (C=O) groups is 4. The summed E-state index contributed by atoms with van der Waals surface area (Å²) < 4.78 is 113. The van der Waals surface area contributed by atoms with E-state index in [-0.39, 0.29) is 79.6 Å². The van der Waals surface area contributed by atoms with Crippen LogP contribution in [-0.4, -0.2) is 87.4 Å². The third-order valence-corrected chi connectivity index (χ3v) is 30.2. The van der Waals surface area contributed by atoms with Crippen LogP contribution in [0.2, 0.25) is 0 Å². The average molecular weight is 1800 g/mol. The van der Waals surface area contributed by atoms with Crippen molar-refractivity contribution in [1.82, 2.24) is 5.32 Å². The van der Waals surface area contributed by atoms with Gasteiger partial charge in [-0.05, 0) is 246 Å². The number of amides is 2. The summed E-state index contributed by atoms with van der Waals surface area (Å²) in [6, 6.07) is 124. The van der Waals surface area contributed by atoms with Gasteiger partial charge >= 0.3 is 24.2 Å². The Labute approximate surface area is 751 Å². The fourth-order valence-electron chi connectivity index (χ4n) is 16.1. The van der Waals surface area contributed by atoms with Crippen molar-refractivity contribution in [2.24, 2.45) is 34.1 Å². The predicted octanol–water partition coefficient (Wildman–Crippen LogP) is 24.3. The molecule has 127 heavy (non-hydrogen) atoms. The molecule has 0 aromatic heterocycles. The number of esters is 2. The Morgan fingerprint density at radius 3 is 0.898 bits per heavy atom. The van der Waals surface area contributed by atoms with Gasteiger partial charge in [0.1, 0.15) is 17.1 Å². The topological polar surface area (TPSA) is 162 Å². The van der Waals surface area contributed by atoms with E-state index in [1.807, 2.05) is 31.2 Å². The molecule has 0 heterocycles. The predicted molar refractivity (Wildman–Crippen MR) is 486 cm³/mol. The molecule has 2 unspecified atom stereocenters. The van der Waals surface area contributed by atoms with Gasteiger partial charge in [0.2, 0.25) is 5.91 Å². The molecule has 4 bridgehead atoms. The van der Waals surface area contributed by atoms with Crippen molar-refractivity contribution >= 4 is 73.4 Å². The minimum Gasteiger partial charge on any atom is -0.855 e. The zero-order valence-electron chi connectivity index (χ0n) is 71.3. The highest BCUT2D eigenvalue weighted by Crippen LogP contribution is 2.63. The minimum absolute atomic E-state index is 0.00871. The van der Waals surface area contributed by atoms with Crippen molar-refractivity contribution in [1.29, 1.82) is 0 Å². The Hall–Kier alpha value is -11.5. The van der Waals surface area contributed by atoms with E-state index in [9.17, 15) is 55.0 Å². The number of nitrogens with zero attached hydrogens (tertiary/aromatic N) is 1. The second-order valence-electron chi connectivity index (χ2n) is 31.2. The summed E-state index contributed by atoms with van der Waals surface area (Å²) in [5.74, 6) is -8.88. The Balaban J connectivity index is 0.000000149. The van der Waals surface area contributed by atoms with Crippen LogP contribution in [0, 0.1) is 29.1 Å². The molecule has 0 radical (unpaired) electrons. The Kier molecular flexibility index (Phi) is 35.4. The standard InChI is InChI=1S/2C19H17OS.2C18H15S.C17H20F5NO5.C13H21F2NO3/c2*1-20-16-12-14-19(15-13-16)21(17-8-4-2-5-9-17)18-10-6-3-7-11-18;2*1-4-10-16(11-5-1)19(17-12-6-2-7-13-17)18-14-8-3-9-15-18;1-14(18,19)8-27-12(25)15-3-9-2-10(4-15)6-16(5-9,7-15)28-13(26)23-11(24)17(20,21)22;1-3-16-11(17)9-4-6-10(7-5-9)12(18)19-8-13(2,14)15/h2*2-15H,1H3;2*1-15H;9-10H,2-8H2,1H3,(H,23,24,26);9-10H,3-8H2,1-2H3,(H,16,17)/q4*+1;;/p-1. The van der Waals surface area contributed by atoms with Gasteiger partial charge in [-0.25, -0.2) is 22.4 Å². The molecule has 17 rings (SSSR count). The first-order chi connectivity index (χ1) is 61.2. The van der Waals surface area contributed by atoms with Gasteiger partial charge in [-0.2, -0.15) is 18.2 Å². The minimum atomic E-state index is -5.29. The van der Waals surface area contributed by atoms with Crippen LogP contribution in [0.3, 0.4) is 0 Å². The molecule has 5 aliphatic carbocycles. The molecule has 12 nitrogen and oxygen atoms in total. The Bertz CT molecular complexity index is 4830. The van der Waals surface area contributed by atoms with Crippen molar-refractivity contribution in [3.8, 4) is 11.5 Å². The maximum Gasteiger partial charge on any atom is 0.433 e. The van der Waals surface area contributed by atoms with Gasteiger partial charge in [0.15, 0.2) is 72.0 Å². The van der Waals surface area contributed by atoms with Gasteiger partial charge in [-0.15, -0.1) is 0 Å². The monoisotopic (exact) mass is 1800 g/mol. The lowest BCUT2D eigenvalue weighted by Crippen LogP contribution is -2.60. The first-order valence-electron chi connectivity index (χ1n) is 41.9.